The quantitative estimate of drug-likeness (QED) is 0.610. The van der Waals surface area contributed by atoms with Crippen LogP contribution in [0, 0.1) is 0 Å². The molecular weight excluding hydrogens is 356 g/mol. The Morgan fingerprint density at radius 3 is 2.71 bits per heavy atom. The molecule has 3 N–H and O–H groups in total. The number of benzene rings is 2. The van der Waals surface area contributed by atoms with E-state index in [0.29, 0.717) is 34.3 Å². The predicted octanol–water partition coefficient (Wildman–Crippen LogP) is 4.61. The fraction of sp³-hybridized carbons (Fsp3) is 0.133. The molecule has 0 radical (unpaired) electrons. The van der Waals surface area contributed by atoms with E-state index < -0.39 is 0 Å². The summed E-state index contributed by atoms with van der Waals surface area (Å²) in [6, 6.07) is 10.4. The Balaban J connectivity index is 2.30. The highest BCUT2D eigenvalue weighted by atomic mass is 79.9. The van der Waals surface area contributed by atoms with Gasteiger partial charge in [-0.05, 0) is 43.3 Å². The maximum absolute atomic E-state index is 11.7. The summed E-state index contributed by atoms with van der Waals surface area (Å²) in [5.74, 6) is -0.387. The van der Waals surface area contributed by atoms with Gasteiger partial charge in [0.1, 0.15) is 0 Å². The number of esters is 1. The highest BCUT2D eigenvalue weighted by Gasteiger charge is 2.10. The van der Waals surface area contributed by atoms with Crippen molar-refractivity contribution in [3.63, 3.8) is 0 Å². The van der Waals surface area contributed by atoms with E-state index in [1.165, 1.54) is 0 Å². The molecule has 2 aromatic rings. The molecule has 2 aromatic carbocycles. The summed E-state index contributed by atoms with van der Waals surface area (Å²) in [7, 11) is 0. The predicted molar refractivity (Wildman–Crippen MR) is 89.2 cm³/mol. The second-order valence-corrected chi connectivity index (χ2v) is 5.59. The van der Waals surface area contributed by atoms with Crippen molar-refractivity contribution in [3.8, 4) is 0 Å². The molecule has 0 saturated carbocycles. The molecule has 0 unspecified atom stereocenters. The van der Waals surface area contributed by atoms with Crippen LogP contribution in [0.3, 0.4) is 0 Å². The Labute approximate surface area is 136 Å². The average Bonchev–Trinajstić information content (AvgIpc) is 2.44. The number of hydrogen-bond donors (Lipinski definition) is 2. The van der Waals surface area contributed by atoms with E-state index in [0.717, 1.165) is 4.47 Å². The fourth-order valence-corrected chi connectivity index (χ4v) is 2.46. The maximum atomic E-state index is 11.7. The number of hydrogen-bond acceptors (Lipinski definition) is 4. The molecule has 4 nitrogen and oxygen atoms in total. The molecule has 0 amide bonds. The minimum absolute atomic E-state index is 0.324. The number of rotatable bonds is 4. The maximum Gasteiger partial charge on any atom is 0.338 e. The number of halogens is 2. The van der Waals surface area contributed by atoms with Crippen LogP contribution in [0.5, 0.6) is 0 Å². The topological polar surface area (TPSA) is 64.3 Å². The van der Waals surface area contributed by atoms with Crippen LogP contribution < -0.4 is 11.1 Å². The van der Waals surface area contributed by atoms with Gasteiger partial charge in [0.25, 0.3) is 0 Å². The summed E-state index contributed by atoms with van der Waals surface area (Å²) in [5.41, 5.74) is 8.18. The second-order valence-electron chi connectivity index (χ2n) is 4.27. The Morgan fingerprint density at radius 1 is 1.29 bits per heavy atom. The van der Waals surface area contributed by atoms with Crippen LogP contribution in [-0.4, -0.2) is 12.6 Å². The first kappa shape index (κ1) is 15.7. The lowest BCUT2D eigenvalue weighted by Crippen LogP contribution is -2.06. The van der Waals surface area contributed by atoms with Crippen LogP contribution in [0.2, 0.25) is 5.02 Å². The molecular formula is C15H14BrClN2O2. The van der Waals surface area contributed by atoms with Crippen molar-refractivity contribution in [1.82, 2.24) is 0 Å². The largest absolute Gasteiger partial charge is 0.462 e. The lowest BCUT2D eigenvalue weighted by atomic mass is 10.1. The van der Waals surface area contributed by atoms with E-state index in [1.54, 1.807) is 31.2 Å². The highest BCUT2D eigenvalue weighted by molar-refractivity contribution is 9.10. The zero-order chi connectivity index (χ0) is 15.4. The van der Waals surface area contributed by atoms with Crippen molar-refractivity contribution in [3.05, 3.63) is 51.5 Å². The Morgan fingerprint density at radius 2 is 2.05 bits per heavy atom. The number of carbonyl (C=O) groups is 1. The monoisotopic (exact) mass is 368 g/mol. The van der Waals surface area contributed by atoms with Crippen molar-refractivity contribution in [2.75, 3.05) is 17.7 Å². The van der Waals surface area contributed by atoms with Gasteiger partial charge in [-0.3, -0.25) is 0 Å². The van der Waals surface area contributed by atoms with Crippen LogP contribution in [0.1, 0.15) is 17.3 Å². The zero-order valence-electron chi connectivity index (χ0n) is 11.3. The van der Waals surface area contributed by atoms with E-state index in [9.17, 15) is 4.79 Å². The lowest BCUT2D eigenvalue weighted by molar-refractivity contribution is 0.0526. The van der Waals surface area contributed by atoms with E-state index >= 15 is 0 Å². The van der Waals surface area contributed by atoms with Gasteiger partial charge < -0.3 is 15.8 Å². The molecule has 0 saturated heterocycles. The number of ether oxygens (including phenoxy) is 1. The minimum atomic E-state index is -0.387. The summed E-state index contributed by atoms with van der Waals surface area (Å²) in [6.45, 7) is 2.08. The number of anilines is 3. The van der Waals surface area contributed by atoms with Crippen molar-refractivity contribution in [2.45, 2.75) is 6.92 Å². The molecule has 0 atom stereocenters. The molecule has 110 valence electrons. The standard InChI is InChI=1S/C15H14BrClN2O2/c1-2-21-15(20)9-3-5-12(18)14(7-9)19-13-6-4-10(16)8-11(13)17/h3-8,19H,2,18H2,1H3. The number of nitrogen functional groups attached to an aromatic ring is 1. The average molecular weight is 370 g/mol. The highest BCUT2D eigenvalue weighted by Crippen LogP contribution is 2.31. The smallest absolute Gasteiger partial charge is 0.338 e. The van der Waals surface area contributed by atoms with Crippen LogP contribution in [-0.2, 0) is 4.74 Å². The van der Waals surface area contributed by atoms with Gasteiger partial charge in [0, 0.05) is 4.47 Å². The summed E-state index contributed by atoms with van der Waals surface area (Å²) in [5, 5.41) is 3.67. The van der Waals surface area contributed by atoms with Gasteiger partial charge in [-0.1, -0.05) is 27.5 Å². The van der Waals surface area contributed by atoms with Crippen LogP contribution >= 0.6 is 27.5 Å². The van der Waals surface area contributed by atoms with Gasteiger partial charge in [0.05, 0.1) is 34.3 Å². The molecule has 0 fully saturated rings. The van der Waals surface area contributed by atoms with Gasteiger partial charge in [-0.15, -0.1) is 0 Å². The van der Waals surface area contributed by atoms with Crippen molar-refractivity contribution >= 4 is 50.6 Å². The minimum Gasteiger partial charge on any atom is -0.462 e. The summed E-state index contributed by atoms with van der Waals surface area (Å²) in [4.78, 5) is 11.7. The Bertz CT molecular complexity index is 677. The van der Waals surface area contributed by atoms with Gasteiger partial charge in [0.2, 0.25) is 0 Å². The van der Waals surface area contributed by atoms with E-state index in [4.69, 9.17) is 22.1 Å². The van der Waals surface area contributed by atoms with Gasteiger partial charge in [-0.2, -0.15) is 0 Å². The van der Waals surface area contributed by atoms with E-state index in [-0.39, 0.29) is 5.97 Å². The Hall–Kier alpha value is -1.72. The van der Waals surface area contributed by atoms with E-state index in [2.05, 4.69) is 21.2 Å². The molecule has 6 heteroatoms. The van der Waals surface area contributed by atoms with Crippen LogP contribution in [0.15, 0.2) is 40.9 Å². The molecule has 0 aliphatic heterocycles. The molecule has 0 aliphatic carbocycles. The number of nitrogens with one attached hydrogen (secondary N) is 1. The summed E-state index contributed by atoms with van der Waals surface area (Å²) >= 11 is 9.50. The third-order valence-corrected chi connectivity index (χ3v) is 3.57. The Kier molecular flexibility index (Phi) is 5.09. The number of nitrogens with two attached hydrogens (primary N) is 1. The third kappa shape index (κ3) is 3.89. The molecule has 0 aromatic heterocycles. The van der Waals surface area contributed by atoms with Crippen LogP contribution in [0.4, 0.5) is 17.1 Å². The SMILES string of the molecule is CCOC(=O)c1ccc(N)c(Nc2ccc(Br)cc2Cl)c1. The molecule has 2 rings (SSSR count). The fourth-order valence-electron chi connectivity index (χ4n) is 1.74. The first-order valence-corrected chi connectivity index (χ1v) is 7.47. The summed E-state index contributed by atoms with van der Waals surface area (Å²) < 4.78 is 5.85. The van der Waals surface area contributed by atoms with Gasteiger partial charge >= 0.3 is 5.97 Å². The first-order chi connectivity index (χ1) is 10.0. The normalized spacial score (nSPS) is 10.2. The third-order valence-electron chi connectivity index (χ3n) is 2.76. The molecule has 0 spiro atoms. The molecule has 0 aliphatic rings. The van der Waals surface area contributed by atoms with Gasteiger partial charge in [-0.25, -0.2) is 4.79 Å². The second kappa shape index (κ2) is 6.83. The lowest BCUT2D eigenvalue weighted by Gasteiger charge is -2.12. The molecule has 21 heavy (non-hydrogen) atoms. The first-order valence-electron chi connectivity index (χ1n) is 6.30. The van der Waals surface area contributed by atoms with E-state index in [1.807, 2.05) is 12.1 Å². The van der Waals surface area contributed by atoms with Crippen molar-refractivity contribution < 1.29 is 9.53 Å². The summed E-state index contributed by atoms with van der Waals surface area (Å²) in [6.07, 6.45) is 0. The van der Waals surface area contributed by atoms with Crippen LogP contribution in [0.25, 0.3) is 0 Å². The number of carbonyl (C=O) groups excluding carboxylic acids is 1. The van der Waals surface area contributed by atoms with Crippen molar-refractivity contribution in [2.24, 2.45) is 0 Å². The van der Waals surface area contributed by atoms with Gasteiger partial charge in [0.15, 0.2) is 0 Å². The van der Waals surface area contributed by atoms with Crippen molar-refractivity contribution in [1.29, 1.82) is 0 Å². The molecule has 0 bridgehead atoms. The molecule has 0 heterocycles. The zero-order valence-corrected chi connectivity index (χ0v) is 13.7.